The molecule has 1 aliphatic heterocycles. The number of ether oxygens (including phenoxy) is 3. The van der Waals surface area contributed by atoms with Crippen LogP contribution in [0.25, 0.3) is 11.0 Å². The van der Waals surface area contributed by atoms with Crippen LogP contribution in [0.1, 0.15) is 74.1 Å². The first-order chi connectivity index (χ1) is 22.7. The number of para-hydroxylation sites is 1. The Morgan fingerprint density at radius 1 is 0.915 bits per heavy atom. The molecule has 3 aromatic rings. The Morgan fingerprint density at radius 2 is 1.57 bits per heavy atom. The van der Waals surface area contributed by atoms with Crippen molar-refractivity contribution in [3.8, 4) is 0 Å². The largest absolute Gasteiger partial charge is 0.381 e. The molecule has 0 spiro atoms. The molecule has 2 atom stereocenters. The van der Waals surface area contributed by atoms with E-state index < -0.39 is 11.9 Å². The van der Waals surface area contributed by atoms with E-state index in [-0.39, 0.29) is 36.4 Å². The van der Waals surface area contributed by atoms with Crippen LogP contribution in [0.4, 0.5) is 0 Å². The summed E-state index contributed by atoms with van der Waals surface area (Å²) in [5.74, 6) is -1.07. The van der Waals surface area contributed by atoms with Gasteiger partial charge in [0.1, 0.15) is 6.04 Å². The summed E-state index contributed by atoms with van der Waals surface area (Å²) in [6, 6.07) is 13.2. The molecule has 12 nitrogen and oxygen atoms in total. The van der Waals surface area contributed by atoms with Gasteiger partial charge in [-0.15, -0.1) is 0 Å². The number of carbonyl (C=O) groups is 3. The average molecular weight is 652 g/mol. The summed E-state index contributed by atoms with van der Waals surface area (Å²) in [4.78, 5) is 48.0. The monoisotopic (exact) mass is 651 g/mol. The third kappa shape index (κ3) is 10.9. The highest BCUT2D eigenvalue weighted by molar-refractivity contribution is 6.00. The molecular formula is C35H49N5O7. The third-order valence-corrected chi connectivity index (χ3v) is 8.41. The topological polar surface area (TPSA) is 170 Å². The SMILES string of the molecule is Cn1c(=O)n(C2CCC(=O)NC2=O)c2cccc(CCCOCCCCOCCCc3ccc(COC[C@@H](N)CCC(N)=O)cc3)c21. The average Bonchev–Trinajstić information content (AvgIpc) is 3.30. The number of aromatic nitrogens is 2. The summed E-state index contributed by atoms with van der Waals surface area (Å²) < 4.78 is 20.4. The second kappa shape index (κ2) is 18.5. The van der Waals surface area contributed by atoms with Gasteiger partial charge < -0.3 is 25.7 Å². The Hall–Kier alpha value is -3.84. The van der Waals surface area contributed by atoms with Gasteiger partial charge in [-0.3, -0.25) is 28.8 Å². The van der Waals surface area contributed by atoms with Crippen molar-refractivity contribution in [1.82, 2.24) is 14.5 Å². The van der Waals surface area contributed by atoms with Crippen LogP contribution in [0.3, 0.4) is 0 Å². The van der Waals surface area contributed by atoms with E-state index in [4.69, 9.17) is 25.7 Å². The minimum Gasteiger partial charge on any atom is -0.381 e. The predicted octanol–water partition coefficient (Wildman–Crippen LogP) is 2.81. The summed E-state index contributed by atoms with van der Waals surface area (Å²) in [6.07, 6.45) is 6.68. The molecule has 1 fully saturated rings. The van der Waals surface area contributed by atoms with Crippen LogP contribution in [-0.2, 0) is 55.1 Å². The first-order valence-electron chi connectivity index (χ1n) is 16.6. The highest BCUT2D eigenvalue weighted by atomic mass is 16.5. The number of amides is 3. The number of rotatable bonds is 21. The molecule has 0 aliphatic carbocycles. The summed E-state index contributed by atoms with van der Waals surface area (Å²) in [6.45, 7) is 3.60. The number of fused-ring (bicyclic) bond motifs is 1. The van der Waals surface area contributed by atoms with E-state index in [0.717, 1.165) is 55.2 Å². The maximum absolute atomic E-state index is 13.1. The fraction of sp³-hybridized carbons (Fsp3) is 0.543. The molecule has 1 aliphatic rings. The zero-order valence-corrected chi connectivity index (χ0v) is 27.4. The highest BCUT2D eigenvalue weighted by Gasteiger charge is 2.31. The van der Waals surface area contributed by atoms with E-state index in [1.165, 1.54) is 10.1 Å². The van der Waals surface area contributed by atoms with Crippen LogP contribution < -0.4 is 22.5 Å². The molecule has 1 aromatic heterocycles. The number of hydrogen-bond donors (Lipinski definition) is 3. The first kappa shape index (κ1) is 36.0. The lowest BCUT2D eigenvalue weighted by molar-refractivity contribution is -0.135. The second-order valence-electron chi connectivity index (χ2n) is 12.2. The number of hydrogen-bond acceptors (Lipinski definition) is 8. The van der Waals surface area contributed by atoms with Gasteiger partial charge in [0.25, 0.3) is 0 Å². The number of imidazole rings is 1. The van der Waals surface area contributed by atoms with Gasteiger partial charge in [0.2, 0.25) is 17.7 Å². The first-order valence-corrected chi connectivity index (χ1v) is 16.6. The van der Waals surface area contributed by atoms with E-state index in [1.807, 2.05) is 18.2 Å². The zero-order chi connectivity index (χ0) is 33.6. The number of unbranched alkanes of at least 4 members (excludes halogenated alkanes) is 1. The standard InChI is InChI=1S/C35H49N5O7/c1-39-33-27(8-4-10-29(33)40(35(39)44)30-16-18-32(42)38-34(30)43)9-6-22-46-20-3-2-19-45-21-5-7-25-11-13-26(14-12-25)23-47-24-28(36)15-17-31(37)41/h4,8,10-14,28,30H,2-3,5-7,9,15-24,36H2,1H3,(H2,37,41)(H,38,42,43)/t28-,30?/m0/s1. The fourth-order valence-corrected chi connectivity index (χ4v) is 5.85. The molecule has 2 heterocycles. The number of nitrogens with one attached hydrogen (secondary N) is 1. The molecule has 5 N–H and O–H groups in total. The van der Waals surface area contributed by atoms with E-state index in [1.54, 1.807) is 11.6 Å². The van der Waals surface area contributed by atoms with Gasteiger partial charge in [0.15, 0.2) is 0 Å². The smallest absolute Gasteiger partial charge is 0.329 e. The Morgan fingerprint density at radius 3 is 2.26 bits per heavy atom. The molecule has 47 heavy (non-hydrogen) atoms. The minimum atomic E-state index is -0.685. The molecule has 0 saturated carbocycles. The number of imide groups is 1. The molecule has 3 amide bonds. The fourth-order valence-electron chi connectivity index (χ4n) is 5.85. The van der Waals surface area contributed by atoms with Gasteiger partial charge in [0.05, 0.1) is 24.2 Å². The van der Waals surface area contributed by atoms with E-state index in [0.29, 0.717) is 58.0 Å². The van der Waals surface area contributed by atoms with Gasteiger partial charge in [-0.25, -0.2) is 4.79 Å². The second-order valence-corrected chi connectivity index (χ2v) is 12.2. The summed E-state index contributed by atoms with van der Waals surface area (Å²) in [7, 11) is 1.72. The van der Waals surface area contributed by atoms with Crippen molar-refractivity contribution in [1.29, 1.82) is 0 Å². The van der Waals surface area contributed by atoms with Crippen molar-refractivity contribution in [2.45, 2.75) is 82.9 Å². The quantitative estimate of drug-likeness (QED) is 0.117. The summed E-state index contributed by atoms with van der Waals surface area (Å²) in [5, 5.41) is 2.35. The Balaban J connectivity index is 1.04. The zero-order valence-electron chi connectivity index (χ0n) is 27.4. The van der Waals surface area contributed by atoms with Gasteiger partial charge in [-0.1, -0.05) is 36.4 Å². The molecule has 256 valence electrons. The maximum Gasteiger partial charge on any atom is 0.329 e. The molecule has 12 heteroatoms. The van der Waals surface area contributed by atoms with Crippen molar-refractivity contribution in [3.05, 3.63) is 69.6 Å². The molecule has 0 radical (unpaired) electrons. The third-order valence-electron chi connectivity index (χ3n) is 8.41. The van der Waals surface area contributed by atoms with Crippen molar-refractivity contribution in [2.24, 2.45) is 18.5 Å². The van der Waals surface area contributed by atoms with Gasteiger partial charge >= 0.3 is 5.69 Å². The van der Waals surface area contributed by atoms with E-state index >= 15 is 0 Å². The van der Waals surface area contributed by atoms with Crippen molar-refractivity contribution in [2.75, 3.05) is 33.0 Å². The van der Waals surface area contributed by atoms with E-state index in [9.17, 15) is 19.2 Å². The number of benzene rings is 2. The number of primary amides is 1. The lowest BCUT2D eigenvalue weighted by Gasteiger charge is -2.21. The molecule has 2 aromatic carbocycles. The number of nitrogens with two attached hydrogens (primary N) is 2. The van der Waals surface area contributed by atoms with Crippen molar-refractivity contribution >= 4 is 28.8 Å². The van der Waals surface area contributed by atoms with Gasteiger partial charge in [-0.2, -0.15) is 0 Å². The Bertz CT molecular complexity index is 1530. The van der Waals surface area contributed by atoms with Crippen molar-refractivity contribution in [3.63, 3.8) is 0 Å². The Labute approximate surface area is 275 Å². The van der Waals surface area contributed by atoms with Crippen LogP contribution in [-0.4, -0.2) is 65.9 Å². The molecular weight excluding hydrogens is 602 g/mol. The highest BCUT2D eigenvalue weighted by Crippen LogP contribution is 2.25. The lowest BCUT2D eigenvalue weighted by Crippen LogP contribution is -2.44. The minimum absolute atomic E-state index is 0.192. The maximum atomic E-state index is 13.1. The van der Waals surface area contributed by atoms with Crippen LogP contribution in [0, 0.1) is 0 Å². The normalized spacial score (nSPS) is 15.7. The predicted molar refractivity (Wildman–Crippen MR) is 179 cm³/mol. The molecule has 0 bridgehead atoms. The molecule has 4 rings (SSSR count). The van der Waals surface area contributed by atoms with E-state index in [2.05, 4.69) is 29.6 Å². The Kier molecular flexibility index (Phi) is 14.2. The lowest BCUT2D eigenvalue weighted by atomic mass is 10.0. The number of carbonyl (C=O) groups excluding carboxylic acids is 3. The van der Waals surface area contributed by atoms with Crippen LogP contribution in [0.2, 0.25) is 0 Å². The number of piperidine rings is 1. The van der Waals surface area contributed by atoms with Crippen LogP contribution >= 0.6 is 0 Å². The van der Waals surface area contributed by atoms with Crippen molar-refractivity contribution < 1.29 is 28.6 Å². The number of nitrogens with zero attached hydrogens (tertiary/aromatic N) is 2. The van der Waals surface area contributed by atoms with Gasteiger partial charge in [0, 0.05) is 52.4 Å². The molecule has 1 saturated heterocycles. The van der Waals surface area contributed by atoms with Crippen LogP contribution in [0.15, 0.2) is 47.3 Å². The summed E-state index contributed by atoms with van der Waals surface area (Å²) >= 11 is 0. The number of aryl methyl sites for hydroxylation is 3. The van der Waals surface area contributed by atoms with Gasteiger partial charge in [-0.05, 0) is 74.1 Å². The van der Waals surface area contributed by atoms with Crippen LogP contribution in [0.5, 0.6) is 0 Å². The summed E-state index contributed by atoms with van der Waals surface area (Å²) in [5.41, 5.74) is 15.7. The molecule has 1 unspecified atom stereocenters.